The van der Waals surface area contributed by atoms with Gasteiger partial charge in [0, 0.05) is 12.2 Å². The summed E-state index contributed by atoms with van der Waals surface area (Å²) in [5.41, 5.74) is 1.56. The number of aliphatic hydroxyl groups is 1. The maximum Gasteiger partial charge on any atom is 0.247 e. The van der Waals surface area contributed by atoms with E-state index >= 15 is 0 Å². The van der Waals surface area contributed by atoms with Crippen LogP contribution in [0.5, 0.6) is 0 Å². The van der Waals surface area contributed by atoms with Crippen LogP contribution in [0.25, 0.3) is 0 Å². The first-order chi connectivity index (χ1) is 11.0. The first-order valence-corrected chi connectivity index (χ1v) is 7.98. The van der Waals surface area contributed by atoms with E-state index in [4.69, 9.17) is 0 Å². The van der Waals surface area contributed by atoms with Gasteiger partial charge in [-0.2, -0.15) is 0 Å². The fourth-order valence-electron chi connectivity index (χ4n) is 3.01. The minimum absolute atomic E-state index is 0.0133. The van der Waals surface area contributed by atoms with Crippen molar-refractivity contribution in [1.29, 1.82) is 0 Å². The van der Waals surface area contributed by atoms with Gasteiger partial charge in [0.25, 0.3) is 0 Å². The van der Waals surface area contributed by atoms with Gasteiger partial charge in [0.2, 0.25) is 11.8 Å². The predicted octanol–water partition coefficient (Wildman–Crippen LogP) is 1.97. The molecule has 0 bridgehead atoms. The quantitative estimate of drug-likeness (QED) is 0.816. The summed E-state index contributed by atoms with van der Waals surface area (Å²) in [6.07, 6.45) is 3.55. The first kappa shape index (κ1) is 17.2. The monoisotopic (exact) mass is 316 g/mol. The molecule has 2 N–H and O–H groups in total. The Balaban J connectivity index is 1.99. The lowest BCUT2D eigenvalue weighted by atomic mass is 9.91. The van der Waals surface area contributed by atoms with Crippen molar-refractivity contribution < 1.29 is 14.7 Å². The fourth-order valence-corrected chi connectivity index (χ4v) is 3.01. The van der Waals surface area contributed by atoms with Crippen molar-refractivity contribution in [3.8, 4) is 0 Å². The normalized spacial score (nSPS) is 20.9. The second-order valence-electron chi connectivity index (χ2n) is 6.02. The number of amides is 2. The lowest BCUT2D eigenvalue weighted by molar-refractivity contribution is -0.136. The van der Waals surface area contributed by atoms with Crippen LogP contribution < -0.4 is 5.32 Å². The maximum atomic E-state index is 12.5. The van der Waals surface area contributed by atoms with Gasteiger partial charge in [-0.05, 0) is 42.5 Å². The van der Waals surface area contributed by atoms with E-state index in [-0.39, 0.29) is 24.5 Å². The van der Waals surface area contributed by atoms with Crippen LogP contribution in [0.2, 0.25) is 0 Å². The Bertz CT molecular complexity index is 568. The number of aliphatic hydroxyl groups excluding tert-OH is 1. The van der Waals surface area contributed by atoms with Gasteiger partial charge in [0.1, 0.15) is 0 Å². The van der Waals surface area contributed by atoms with Crippen molar-refractivity contribution in [3.05, 3.63) is 42.5 Å². The van der Waals surface area contributed by atoms with Crippen LogP contribution in [-0.2, 0) is 16.0 Å². The lowest BCUT2D eigenvalue weighted by Crippen LogP contribution is -2.50. The summed E-state index contributed by atoms with van der Waals surface area (Å²) in [5.74, 6) is 0.106. The van der Waals surface area contributed by atoms with Gasteiger partial charge in [0.15, 0.2) is 0 Å². The molecule has 1 aliphatic rings. The largest absolute Gasteiger partial charge is 0.394 e. The molecule has 1 aromatic rings. The minimum Gasteiger partial charge on any atom is -0.394 e. The SMILES string of the molecule is C=CC(=O)Nc1ccc(CC(=O)N2CCC[C@@H](C)[C@H]2CO)cc1. The summed E-state index contributed by atoms with van der Waals surface area (Å²) in [4.78, 5) is 25.6. The number of benzene rings is 1. The maximum absolute atomic E-state index is 12.5. The number of nitrogens with one attached hydrogen (secondary N) is 1. The molecule has 0 radical (unpaired) electrons. The van der Waals surface area contributed by atoms with Gasteiger partial charge in [-0.25, -0.2) is 0 Å². The zero-order chi connectivity index (χ0) is 16.8. The Morgan fingerprint density at radius 2 is 2.09 bits per heavy atom. The van der Waals surface area contributed by atoms with Crippen LogP contribution in [0.4, 0.5) is 5.69 Å². The van der Waals surface area contributed by atoms with E-state index in [0.717, 1.165) is 18.4 Å². The average Bonchev–Trinajstić information content (AvgIpc) is 2.56. The van der Waals surface area contributed by atoms with Gasteiger partial charge in [-0.1, -0.05) is 25.6 Å². The van der Waals surface area contributed by atoms with Crippen molar-refractivity contribution in [2.24, 2.45) is 5.92 Å². The number of carbonyl (C=O) groups is 2. The minimum atomic E-state index is -0.262. The third-order valence-electron chi connectivity index (χ3n) is 4.39. The molecular formula is C18H24N2O3. The molecule has 5 heteroatoms. The second kappa shape index (κ2) is 7.92. The van der Waals surface area contributed by atoms with Crippen molar-refractivity contribution in [3.63, 3.8) is 0 Å². The lowest BCUT2D eigenvalue weighted by Gasteiger charge is -2.39. The fraction of sp³-hybridized carbons (Fsp3) is 0.444. The van der Waals surface area contributed by atoms with E-state index in [2.05, 4.69) is 18.8 Å². The molecule has 2 atom stereocenters. The third kappa shape index (κ3) is 4.42. The smallest absolute Gasteiger partial charge is 0.247 e. The summed E-state index contributed by atoms with van der Waals surface area (Å²) < 4.78 is 0. The third-order valence-corrected chi connectivity index (χ3v) is 4.39. The highest BCUT2D eigenvalue weighted by Crippen LogP contribution is 2.24. The van der Waals surface area contributed by atoms with Gasteiger partial charge >= 0.3 is 0 Å². The van der Waals surface area contributed by atoms with Crippen LogP contribution in [0.15, 0.2) is 36.9 Å². The Morgan fingerprint density at radius 1 is 1.39 bits per heavy atom. The van der Waals surface area contributed by atoms with E-state index < -0.39 is 0 Å². The molecule has 1 saturated heterocycles. The molecule has 124 valence electrons. The molecule has 1 fully saturated rings. The van der Waals surface area contributed by atoms with Crippen LogP contribution in [0, 0.1) is 5.92 Å². The zero-order valence-corrected chi connectivity index (χ0v) is 13.5. The number of piperidine rings is 1. The number of likely N-dealkylation sites (tertiary alicyclic amines) is 1. The Kier molecular flexibility index (Phi) is 5.93. The average molecular weight is 316 g/mol. The topological polar surface area (TPSA) is 69.6 Å². The molecule has 5 nitrogen and oxygen atoms in total. The highest BCUT2D eigenvalue weighted by Gasteiger charge is 2.30. The van der Waals surface area contributed by atoms with E-state index in [1.165, 1.54) is 6.08 Å². The number of anilines is 1. The summed E-state index contributed by atoms with van der Waals surface area (Å²) >= 11 is 0. The number of nitrogens with zero attached hydrogens (tertiary/aromatic N) is 1. The molecule has 2 amide bonds. The van der Waals surface area contributed by atoms with Crippen molar-refractivity contribution in [2.75, 3.05) is 18.5 Å². The van der Waals surface area contributed by atoms with Crippen LogP contribution in [-0.4, -0.2) is 41.0 Å². The number of hydrogen-bond donors (Lipinski definition) is 2. The van der Waals surface area contributed by atoms with Gasteiger partial charge < -0.3 is 15.3 Å². The predicted molar refractivity (Wildman–Crippen MR) is 90.0 cm³/mol. The van der Waals surface area contributed by atoms with Crippen LogP contribution in [0.1, 0.15) is 25.3 Å². The second-order valence-corrected chi connectivity index (χ2v) is 6.02. The molecule has 0 saturated carbocycles. The zero-order valence-electron chi connectivity index (χ0n) is 13.5. The molecular weight excluding hydrogens is 292 g/mol. The summed E-state index contributed by atoms with van der Waals surface area (Å²) in [6, 6.07) is 7.12. The first-order valence-electron chi connectivity index (χ1n) is 7.98. The van der Waals surface area contributed by atoms with Gasteiger partial charge in [-0.15, -0.1) is 0 Å². The summed E-state index contributed by atoms with van der Waals surface area (Å²) in [5, 5.41) is 12.2. The summed E-state index contributed by atoms with van der Waals surface area (Å²) in [6.45, 7) is 6.21. The highest BCUT2D eigenvalue weighted by atomic mass is 16.3. The van der Waals surface area contributed by atoms with Crippen LogP contribution >= 0.6 is 0 Å². The number of rotatable bonds is 5. The Labute approximate surface area is 137 Å². The molecule has 0 unspecified atom stereocenters. The molecule has 2 rings (SSSR count). The van der Waals surface area contributed by atoms with Crippen LogP contribution in [0.3, 0.4) is 0 Å². The molecule has 0 aliphatic carbocycles. The molecule has 0 aromatic heterocycles. The van der Waals surface area contributed by atoms with Crippen molar-refractivity contribution in [2.45, 2.75) is 32.2 Å². The molecule has 1 aliphatic heterocycles. The molecule has 1 heterocycles. The van der Waals surface area contributed by atoms with Gasteiger partial charge in [0.05, 0.1) is 19.1 Å². The summed E-state index contributed by atoms with van der Waals surface area (Å²) in [7, 11) is 0. The molecule has 0 spiro atoms. The van der Waals surface area contributed by atoms with E-state index in [0.29, 0.717) is 24.6 Å². The number of hydrogen-bond acceptors (Lipinski definition) is 3. The number of carbonyl (C=O) groups excluding carboxylic acids is 2. The van der Waals surface area contributed by atoms with Crippen molar-refractivity contribution in [1.82, 2.24) is 4.90 Å². The molecule has 23 heavy (non-hydrogen) atoms. The molecule has 1 aromatic carbocycles. The standard InChI is InChI=1S/C18H24N2O3/c1-3-17(22)19-15-8-6-14(7-9-15)11-18(23)20-10-4-5-13(2)16(20)12-21/h3,6-9,13,16,21H,1,4-5,10-12H2,2H3,(H,19,22)/t13-,16-/m1/s1. The Hall–Kier alpha value is -2.14. The van der Waals surface area contributed by atoms with Crippen molar-refractivity contribution >= 4 is 17.5 Å². The van der Waals surface area contributed by atoms with E-state index in [9.17, 15) is 14.7 Å². The van der Waals surface area contributed by atoms with E-state index in [1.807, 2.05) is 17.0 Å². The van der Waals surface area contributed by atoms with E-state index in [1.54, 1.807) is 12.1 Å². The Morgan fingerprint density at radius 3 is 2.70 bits per heavy atom. The van der Waals surface area contributed by atoms with Gasteiger partial charge in [-0.3, -0.25) is 9.59 Å². The highest BCUT2D eigenvalue weighted by molar-refractivity contribution is 5.98.